The molecule has 3 rings (SSSR count). The third kappa shape index (κ3) is 6.42. The van der Waals surface area contributed by atoms with Crippen LogP contribution in [0.1, 0.15) is 81.2 Å². The molecule has 0 aliphatic carbocycles. The zero-order valence-electron chi connectivity index (χ0n) is 19.4. The van der Waals surface area contributed by atoms with Crippen molar-refractivity contribution in [2.45, 2.75) is 72.3 Å². The normalized spacial score (nSPS) is 15.0. The Hall–Kier alpha value is -2.64. The average molecular weight is 430 g/mol. The highest BCUT2D eigenvalue weighted by Crippen LogP contribution is 2.26. The van der Waals surface area contributed by atoms with Crippen molar-refractivity contribution >= 4 is 11.9 Å². The van der Waals surface area contributed by atoms with Crippen molar-refractivity contribution in [2.24, 2.45) is 5.92 Å². The van der Waals surface area contributed by atoms with Gasteiger partial charge in [-0.05, 0) is 64.0 Å². The number of amides is 1. The van der Waals surface area contributed by atoms with Crippen molar-refractivity contribution in [2.75, 3.05) is 24.6 Å². The van der Waals surface area contributed by atoms with Gasteiger partial charge in [-0.2, -0.15) is 4.98 Å². The van der Waals surface area contributed by atoms with Crippen molar-refractivity contribution in [3.8, 4) is 5.75 Å². The Labute approximate surface area is 184 Å². The lowest BCUT2D eigenvalue weighted by Gasteiger charge is -2.30. The summed E-state index contributed by atoms with van der Waals surface area (Å²) in [5.41, 5.74) is 1.28. The molecule has 0 radical (unpaired) electrons. The van der Waals surface area contributed by atoms with Gasteiger partial charge >= 0.3 is 6.01 Å². The number of piperidine rings is 1. The van der Waals surface area contributed by atoms with Gasteiger partial charge in [0.1, 0.15) is 11.4 Å². The molecule has 1 fully saturated rings. The van der Waals surface area contributed by atoms with Gasteiger partial charge in [-0.3, -0.25) is 4.79 Å². The first kappa shape index (κ1) is 23.0. The number of pyridine rings is 1. The monoisotopic (exact) mass is 429 g/mol. The highest BCUT2D eigenvalue weighted by atomic mass is 16.5. The fourth-order valence-corrected chi connectivity index (χ4v) is 3.76. The minimum absolute atomic E-state index is 0.0843. The quantitative estimate of drug-likeness (QED) is 0.600. The molecule has 1 N–H and O–H groups in total. The predicted octanol–water partition coefficient (Wildman–Crippen LogP) is 4.11. The minimum Gasteiger partial charge on any atom is -0.492 e. The minimum atomic E-state index is -0.147. The molecular weight excluding hydrogens is 394 g/mol. The van der Waals surface area contributed by atoms with Crippen molar-refractivity contribution in [3.63, 3.8) is 0 Å². The van der Waals surface area contributed by atoms with Gasteiger partial charge in [-0.25, -0.2) is 4.98 Å². The zero-order valence-corrected chi connectivity index (χ0v) is 19.4. The summed E-state index contributed by atoms with van der Waals surface area (Å²) in [5.74, 6) is 2.31. The summed E-state index contributed by atoms with van der Waals surface area (Å²) >= 11 is 0. The molecule has 0 spiro atoms. The van der Waals surface area contributed by atoms with E-state index in [0.717, 1.165) is 50.2 Å². The van der Waals surface area contributed by atoms with Gasteiger partial charge in [0.25, 0.3) is 5.91 Å². The number of ether oxygens (including phenoxy) is 1. The molecule has 0 aromatic carbocycles. The van der Waals surface area contributed by atoms with Crippen LogP contribution >= 0.6 is 0 Å². The third-order valence-corrected chi connectivity index (χ3v) is 5.55. The average Bonchev–Trinajstić information content (AvgIpc) is 3.22. The lowest BCUT2D eigenvalue weighted by molar-refractivity contribution is 0.0937. The Bertz CT molecular complexity index is 857. The van der Waals surface area contributed by atoms with E-state index in [9.17, 15) is 4.79 Å². The number of rotatable bonds is 9. The molecule has 8 heteroatoms. The van der Waals surface area contributed by atoms with Gasteiger partial charge in [-0.1, -0.05) is 19.0 Å². The summed E-state index contributed by atoms with van der Waals surface area (Å²) in [4.78, 5) is 23.1. The van der Waals surface area contributed by atoms with Gasteiger partial charge in [0.05, 0.1) is 12.8 Å². The van der Waals surface area contributed by atoms with Crippen LogP contribution in [-0.2, 0) is 0 Å². The van der Waals surface area contributed by atoms with Gasteiger partial charge in [0.2, 0.25) is 0 Å². The first-order chi connectivity index (χ1) is 14.8. The molecule has 1 aliphatic heterocycles. The second kappa shape index (κ2) is 10.6. The molecule has 0 unspecified atom stereocenters. The van der Waals surface area contributed by atoms with Crippen LogP contribution in [0.15, 0.2) is 16.8 Å². The first-order valence-corrected chi connectivity index (χ1v) is 11.3. The van der Waals surface area contributed by atoms with E-state index < -0.39 is 0 Å². The van der Waals surface area contributed by atoms with Crippen LogP contribution in [0.4, 0.5) is 6.01 Å². The zero-order chi connectivity index (χ0) is 22.4. The molecule has 0 saturated carbocycles. The molecule has 0 atom stereocenters. The third-order valence-electron chi connectivity index (χ3n) is 5.55. The van der Waals surface area contributed by atoms with Crippen LogP contribution < -0.4 is 15.0 Å². The van der Waals surface area contributed by atoms with Crippen molar-refractivity contribution in [1.29, 1.82) is 0 Å². The van der Waals surface area contributed by atoms with Crippen LogP contribution in [0.25, 0.3) is 0 Å². The summed E-state index contributed by atoms with van der Waals surface area (Å²) in [6.45, 7) is 12.4. The number of carbonyl (C=O) groups is 1. The highest BCUT2D eigenvalue weighted by Gasteiger charge is 2.23. The number of nitrogens with one attached hydrogen (secondary N) is 1. The molecule has 3 heterocycles. The SMILES string of the molecule is Cc1cc(OCCCC2CCN(c3nc(C(C)C)no3)CC2)cnc1C(=O)NC(C)C. The molecule has 1 aliphatic rings. The van der Waals surface area contributed by atoms with Gasteiger partial charge in [-0.15, -0.1) is 0 Å². The van der Waals surface area contributed by atoms with E-state index in [2.05, 4.69) is 39.2 Å². The first-order valence-electron chi connectivity index (χ1n) is 11.3. The van der Waals surface area contributed by atoms with Crippen molar-refractivity contribution in [3.05, 3.63) is 29.3 Å². The fraction of sp³-hybridized carbons (Fsp3) is 0.652. The molecule has 1 amide bonds. The predicted molar refractivity (Wildman–Crippen MR) is 120 cm³/mol. The number of hydrogen-bond acceptors (Lipinski definition) is 7. The summed E-state index contributed by atoms with van der Waals surface area (Å²) < 4.78 is 11.3. The number of carbonyl (C=O) groups excluding carboxylic acids is 1. The topological polar surface area (TPSA) is 93.4 Å². The molecule has 2 aromatic heterocycles. The Morgan fingerprint density at radius 1 is 1.29 bits per heavy atom. The van der Waals surface area contributed by atoms with Gasteiger partial charge < -0.3 is 19.5 Å². The van der Waals surface area contributed by atoms with Crippen LogP contribution in [-0.4, -0.2) is 46.8 Å². The van der Waals surface area contributed by atoms with Gasteiger partial charge in [0.15, 0.2) is 5.82 Å². The lowest BCUT2D eigenvalue weighted by Crippen LogP contribution is -2.34. The molecular formula is C23H35N5O3. The van der Waals surface area contributed by atoms with E-state index in [0.29, 0.717) is 30.0 Å². The number of aromatic nitrogens is 3. The smallest absolute Gasteiger partial charge is 0.324 e. The van der Waals surface area contributed by atoms with Crippen LogP contribution in [0.3, 0.4) is 0 Å². The summed E-state index contributed by atoms with van der Waals surface area (Å²) in [6, 6.07) is 2.62. The van der Waals surface area contributed by atoms with E-state index in [1.165, 1.54) is 0 Å². The fourth-order valence-electron chi connectivity index (χ4n) is 3.76. The number of aryl methyl sites for hydroxylation is 1. The molecule has 2 aromatic rings. The highest BCUT2D eigenvalue weighted by molar-refractivity contribution is 5.93. The van der Waals surface area contributed by atoms with E-state index in [1.807, 2.05) is 26.8 Å². The van der Waals surface area contributed by atoms with E-state index in [-0.39, 0.29) is 17.9 Å². The number of hydrogen-bond donors (Lipinski definition) is 1. The molecule has 8 nitrogen and oxygen atoms in total. The number of anilines is 1. The largest absolute Gasteiger partial charge is 0.492 e. The number of nitrogens with zero attached hydrogens (tertiary/aromatic N) is 4. The standard InChI is InChI=1S/C23H35N5O3/c1-15(2)21-26-23(31-27-21)28-10-8-18(9-11-28)7-6-12-30-19-13-17(5)20(24-14-19)22(29)25-16(3)4/h13-16,18H,6-12H2,1-5H3,(H,25,29). The Kier molecular flexibility index (Phi) is 7.87. The van der Waals surface area contributed by atoms with Gasteiger partial charge in [0, 0.05) is 25.0 Å². The van der Waals surface area contributed by atoms with E-state index in [1.54, 1.807) is 6.20 Å². The second-order valence-corrected chi connectivity index (χ2v) is 8.98. The maximum Gasteiger partial charge on any atom is 0.324 e. The Morgan fingerprint density at radius 2 is 2.03 bits per heavy atom. The van der Waals surface area contributed by atoms with Crippen LogP contribution in [0.5, 0.6) is 5.75 Å². The van der Waals surface area contributed by atoms with Crippen LogP contribution in [0.2, 0.25) is 0 Å². The second-order valence-electron chi connectivity index (χ2n) is 8.98. The molecule has 170 valence electrons. The molecule has 31 heavy (non-hydrogen) atoms. The summed E-state index contributed by atoms with van der Waals surface area (Å²) in [7, 11) is 0. The van der Waals surface area contributed by atoms with Crippen molar-refractivity contribution in [1.82, 2.24) is 20.4 Å². The van der Waals surface area contributed by atoms with Crippen LogP contribution in [0, 0.1) is 12.8 Å². The Morgan fingerprint density at radius 3 is 2.65 bits per heavy atom. The Balaban J connectivity index is 1.37. The molecule has 1 saturated heterocycles. The van der Waals surface area contributed by atoms with E-state index in [4.69, 9.17) is 9.26 Å². The summed E-state index contributed by atoms with van der Waals surface area (Å²) in [5, 5.41) is 6.93. The maximum absolute atomic E-state index is 12.1. The summed E-state index contributed by atoms with van der Waals surface area (Å²) in [6.07, 6.45) is 6.02. The maximum atomic E-state index is 12.1. The van der Waals surface area contributed by atoms with Crippen molar-refractivity contribution < 1.29 is 14.1 Å². The van der Waals surface area contributed by atoms with E-state index >= 15 is 0 Å². The lowest BCUT2D eigenvalue weighted by atomic mass is 9.92. The molecule has 0 bridgehead atoms.